The summed E-state index contributed by atoms with van der Waals surface area (Å²) in [5.74, 6) is -1.02. The van der Waals surface area contributed by atoms with Gasteiger partial charge in [0.1, 0.15) is 23.9 Å². The van der Waals surface area contributed by atoms with Crippen molar-refractivity contribution in [2.75, 3.05) is 18.4 Å². The third kappa shape index (κ3) is 7.66. The molecule has 0 fully saturated rings. The van der Waals surface area contributed by atoms with E-state index in [4.69, 9.17) is 16.3 Å². The number of amides is 3. The summed E-state index contributed by atoms with van der Waals surface area (Å²) in [5, 5.41) is 15.7. The monoisotopic (exact) mass is 489 g/mol. The number of carbonyl (C=O) groups excluding carboxylic acids is 3. The highest BCUT2D eigenvalue weighted by Crippen LogP contribution is 2.30. The Hall–Kier alpha value is -3.26. The minimum atomic E-state index is -1.07. The molecule has 1 unspecified atom stereocenters. The number of ether oxygens (including phenoxy) is 1. The van der Waals surface area contributed by atoms with Gasteiger partial charge in [0, 0.05) is 6.54 Å². The van der Waals surface area contributed by atoms with Crippen LogP contribution in [-0.2, 0) is 14.3 Å². The summed E-state index contributed by atoms with van der Waals surface area (Å²) in [4.78, 5) is 40.1. The van der Waals surface area contributed by atoms with Gasteiger partial charge in [-0.3, -0.25) is 9.59 Å². The molecule has 0 spiro atoms. The second kappa shape index (κ2) is 11.7. The lowest BCUT2D eigenvalue weighted by atomic mass is 10.0. The number of phenolic OH excluding ortho intramolecular Hbond substituents is 1. The summed E-state index contributed by atoms with van der Waals surface area (Å²) in [6, 6.07) is 10.3. The van der Waals surface area contributed by atoms with Gasteiger partial charge in [-0.25, -0.2) is 4.79 Å². The Balaban J connectivity index is 2.37. The predicted molar refractivity (Wildman–Crippen MR) is 132 cm³/mol. The third-order valence-electron chi connectivity index (χ3n) is 4.78. The summed E-state index contributed by atoms with van der Waals surface area (Å²) < 4.78 is 5.19. The Morgan fingerprint density at radius 3 is 2.41 bits per heavy atom. The second-order valence-electron chi connectivity index (χ2n) is 8.86. The van der Waals surface area contributed by atoms with Crippen molar-refractivity contribution in [1.29, 1.82) is 0 Å². The summed E-state index contributed by atoms with van der Waals surface area (Å²) in [7, 11) is 0. The van der Waals surface area contributed by atoms with E-state index in [2.05, 4.69) is 10.6 Å². The number of anilines is 1. The summed E-state index contributed by atoms with van der Waals surface area (Å²) in [6.45, 7) is 8.72. The topological polar surface area (TPSA) is 108 Å². The Morgan fingerprint density at radius 1 is 1.15 bits per heavy atom. The minimum Gasteiger partial charge on any atom is -0.508 e. The Morgan fingerprint density at radius 2 is 1.82 bits per heavy atom. The van der Waals surface area contributed by atoms with E-state index in [0.29, 0.717) is 22.7 Å². The van der Waals surface area contributed by atoms with E-state index >= 15 is 0 Å². The van der Waals surface area contributed by atoms with Crippen LogP contribution in [0.25, 0.3) is 0 Å². The normalized spacial score (nSPS) is 11.9. The fourth-order valence-corrected chi connectivity index (χ4v) is 3.62. The zero-order valence-corrected chi connectivity index (χ0v) is 20.9. The van der Waals surface area contributed by atoms with Crippen molar-refractivity contribution < 1.29 is 24.2 Å². The van der Waals surface area contributed by atoms with E-state index in [9.17, 15) is 19.5 Å². The predicted octanol–water partition coefficient (Wildman–Crippen LogP) is 4.80. The first-order valence-electron chi connectivity index (χ1n) is 11.0. The number of hydrogen-bond donors (Lipinski definition) is 3. The molecule has 2 aromatic carbocycles. The number of halogens is 1. The summed E-state index contributed by atoms with van der Waals surface area (Å²) >= 11 is 6.29. The summed E-state index contributed by atoms with van der Waals surface area (Å²) in [6.07, 6.45) is -0.173. The molecule has 0 aromatic heterocycles. The zero-order valence-electron chi connectivity index (χ0n) is 20.1. The average molecular weight is 490 g/mol. The molecule has 0 aliphatic heterocycles. The van der Waals surface area contributed by atoms with Gasteiger partial charge in [0.15, 0.2) is 0 Å². The van der Waals surface area contributed by atoms with Crippen molar-refractivity contribution in [3.8, 4) is 5.75 Å². The lowest BCUT2D eigenvalue weighted by Crippen LogP contribution is -2.46. The molecule has 184 valence electrons. The average Bonchev–Trinajstić information content (AvgIpc) is 2.73. The SMILES string of the molecule is CCCN(C(=O)CNC(=O)OC(C)(C)C)C(C(=O)Nc1c(C)cccc1Cl)c1cccc(O)c1. The van der Waals surface area contributed by atoms with Gasteiger partial charge in [-0.05, 0) is 63.4 Å². The van der Waals surface area contributed by atoms with E-state index in [1.807, 2.05) is 19.9 Å². The highest BCUT2D eigenvalue weighted by molar-refractivity contribution is 6.34. The Labute approximate surface area is 205 Å². The molecule has 2 rings (SSSR count). The van der Waals surface area contributed by atoms with Gasteiger partial charge in [-0.1, -0.05) is 42.8 Å². The zero-order chi connectivity index (χ0) is 25.5. The number of phenols is 1. The number of para-hydroxylation sites is 1. The molecule has 34 heavy (non-hydrogen) atoms. The molecule has 1 atom stereocenters. The van der Waals surface area contributed by atoms with Crippen LogP contribution in [0.3, 0.4) is 0 Å². The molecule has 3 amide bonds. The number of nitrogens with one attached hydrogen (secondary N) is 2. The molecule has 2 aromatic rings. The van der Waals surface area contributed by atoms with E-state index in [1.54, 1.807) is 45.0 Å². The molecule has 0 saturated heterocycles. The molecule has 0 aliphatic carbocycles. The molecule has 0 saturated carbocycles. The molecule has 3 N–H and O–H groups in total. The number of rotatable bonds is 8. The van der Waals surface area contributed by atoms with E-state index in [-0.39, 0.29) is 18.8 Å². The van der Waals surface area contributed by atoms with Crippen molar-refractivity contribution in [3.05, 3.63) is 58.6 Å². The first kappa shape index (κ1) is 27.0. The minimum absolute atomic E-state index is 0.0417. The molecule has 0 aliphatic rings. The van der Waals surface area contributed by atoms with Gasteiger partial charge in [0.05, 0.1) is 10.7 Å². The van der Waals surface area contributed by atoms with Crippen LogP contribution in [0.1, 0.15) is 51.3 Å². The number of alkyl carbamates (subject to hydrolysis) is 1. The van der Waals surface area contributed by atoms with Crippen LogP contribution in [0.4, 0.5) is 10.5 Å². The quantitative estimate of drug-likeness (QED) is 0.493. The molecule has 0 heterocycles. The van der Waals surface area contributed by atoms with Gasteiger partial charge < -0.3 is 25.4 Å². The Kier molecular flexibility index (Phi) is 9.32. The Bertz CT molecular complexity index is 1020. The van der Waals surface area contributed by atoms with Crippen molar-refractivity contribution >= 4 is 35.2 Å². The van der Waals surface area contributed by atoms with Gasteiger partial charge >= 0.3 is 6.09 Å². The maximum absolute atomic E-state index is 13.5. The lowest BCUT2D eigenvalue weighted by molar-refractivity contribution is -0.138. The summed E-state index contributed by atoms with van der Waals surface area (Å²) in [5.41, 5.74) is 0.902. The molecular weight excluding hydrogens is 458 g/mol. The van der Waals surface area contributed by atoms with Crippen LogP contribution in [-0.4, -0.2) is 46.6 Å². The molecule has 0 radical (unpaired) electrons. The fraction of sp³-hybridized carbons (Fsp3) is 0.400. The van der Waals surface area contributed by atoms with Crippen LogP contribution in [0, 0.1) is 6.92 Å². The first-order valence-corrected chi connectivity index (χ1v) is 11.4. The van der Waals surface area contributed by atoms with Crippen LogP contribution < -0.4 is 10.6 Å². The number of carbonyl (C=O) groups is 3. The number of nitrogens with zero attached hydrogens (tertiary/aromatic N) is 1. The van der Waals surface area contributed by atoms with Crippen LogP contribution >= 0.6 is 11.6 Å². The molecule has 9 heteroatoms. The highest BCUT2D eigenvalue weighted by atomic mass is 35.5. The highest BCUT2D eigenvalue weighted by Gasteiger charge is 2.32. The number of aromatic hydroxyl groups is 1. The van der Waals surface area contributed by atoms with Crippen LogP contribution in [0.15, 0.2) is 42.5 Å². The molecule has 8 nitrogen and oxygen atoms in total. The van der Waals surface area contributed by atoms with Gasteiger partial charge in [-0.2, -0.15) is 0 Å². The smallest absolute Gasteiger partial charge is 0.408 e. The maximum atomic E-state index is 13.5. The second-order valence-corrected chi connectivity index (χ2v) is 9.27. The van der Waals surface area contributed by atoms with E-state index in [0.717, 1.165) is 5.56 Å². The van der Waals surface area contributed by atoms with Gasteiger partial charge in [0.2, 0.25) is 5.91 Å². The van der Waals surface area contributed by atoms with Gasteiger partial charge in [0.25, 0.3) is 5.91 Å². The largest absolute Gasteiger partial charge is 0.508 e. The first-order chi connectivity index (χ1) is 15.9. The van der Waals surface area contributed by atoms with E-state index < -0.39 is 29.6 Å². The third-order valence-corrected chi connectivity index (χ3v) is 5.10. The van der Waals surface area contributed by atoms with Crippen molar-refractivity contribution in [2.45, 2.75) is 52.7 Å². The number of hydrogen-bond acceptors (Lipinski definition) is 5. The standard InChI is InChI=1S/C25H32ClN3O5/c1-6-13-29(20(31)15-27-24(33)34-25(3,4)5)22(17-10-8-11-18(30)14-17)23(32)28-21-16(2)9-7-12-19(21)26/h7-12,14,22,30H,6,13,15H2,1-5H3,(H,27,33)(H,28,32). The van der Waals surface area contributed by atoms with Crippen molar-refractivity contribution in [1.82, 2.24) is 10.2 Å². The van der Waals surface area contributed by atoms with Gasteiger partial charge in [-0.15, -0.1) is 0 Å². The number of benzene rings is 2. The van der Waals surface area contributed by atoms with E-state index in [1.165, 1.54) is 17.0 Å². The van der Waals surface area contributed by atoms with Crippen LogP contribution in [0.2, 0.25) is 5.02 Å². The maximum Gasteiger partial charge on any atom is 0.408 e. The molecule has 0 bridgehead atoms. The molecular formula is C25H32ClN3O5. The fourth-order valence-electron chi connectivity index (χ4n) is 3.35. The van der Waals surface area contributed by atoms with Crippen LogP contribution in [0.5, 0.6) is 5.75 Å². The van der Waals surface area contributed by atoms with Crippen molar-refractivity contribution in [3.63, 3.8) is 0 Å². The van der Waals surface area contributed by atoms with Crippen molar-refractivity contribution in [2.24, 2.45) is 0 Å². The number of aryl methyl sites for hydroxylation is 1. The lowest BCUT2D eigenvalue weighted by Gasteiger charge is -2.31.